The van der Waals surface area contributed by atoms with Crippen molar-refractivity contribution in [2.45, 2.75) is 52.7 Å². The molecule has 0 bridgehead atoms. The van der Waals surface area contributed by atoms with E-state index in [4.69, 9.17) is 14.2 Å². The molecule has 27 heavy (non-hydrogen) atoms. The fraction of sp³-hybridized carbons (Fsp3) is 0.588. The fourth-order valence-corrected chi connectivity index (χ4v) is 2.22. The first-order valence-corrected chi connectivity index (χ1v) is 9.34. The zero-order valence-electron chi connectivity index (χ0n) is 16.0. The average molecular weight is 448 g/mol. The Morgan fingerprint density at radius 1 is 1.30 bits per heavy atom. The van der Waals surface area contributed by atoms with Gasteiger partial charge in [0.05, 0.1) is 24.4 Å². The summed E-state index contributed by atoms with van der Waals surface area (Å²) in [7, 11) is 0. The van der Waals surface area contributed by atoms with Gasteiger partial charge in [0.2, 0.25) is 0 Å². The van der Waals surface area contributed by atoms with Crippen molar-refractivity contribution in [1.82, 2.24) is 15.3 Å². The molecule has 0 aromatic heterocycles. The molecule has 0 unspecified atom stereocenters. The molecule has 0 saturated carbocycles. The molecule has 0 aromatic carbocycles. The number of hydrogen-bond donors (Lipinski definition) is 1. The third-order valence-corrected chi connectivity index (χ3v) is 3.50. The molecule has 0 aliphatic carbocycles. The molecule has 0 radical (unpaired) electrons. The molecule has 1 N–H and O–H groups in total. The van der Waals surface area contributed by atoms with Crippen LogP contribution in [-0.4, -0.2) is 53.5 Å². The van der Waals surface area contributed by atoms with Crippen LogP contribution in [0.25, 0.3) is 0 Å². The normalized spacial score (nSPS) is 14.3. The Hall–Kier alpha value is -2.23. The average Bonchev–Trinajstić information content (AvgIpc) is 2.92. The highest BCUT2D eigenvalue weighted by Gasteiger charge is 2.27. The second-order valence-electron chi connectivity index (χ2n) is 6.28. The number of amides is 3. The van der Waals surface area contributed by atoms with Crippen LogP contribution >= 0.6 is 15.9 Å². The number of halogens is 1. The van der Waals surface area contributed by atoms with Crippen LogP contribution in [0.3, 0.4) is 0 Å². The summed E-state index contributed by atoms with van der Waals surface area (Å²) in [6.45, 7) is 11.1. The number of allylic oxidation sites excluding steroid dienone is 2. The second kappa shape index (κ2) is 10.8. The third-order valence-electron chi connectivity index (χ3n) is 3.10. The Morgan fingerprint density at radius 2 is 1.93 bits per heavy atom. The molecule has 0 atom stereocenters. The molecule has 3 amide bonds. The van der Waals surface area contributed by atoms with Gasteiger partial charge >= 0.3 is 18.3 Å². The molecule has 1 heterocycles. The highest BCUT2D eigenvalue weighted by atomic mass is 79.9. The number of hydrogen-bond acceptors (Lipinski definition) is 6. The minimum atomic E-state index is -0.821. The number of cyclic esters (lactones) is 1. The highest BCUT2D eigenvalue weighted by Crippen LogP contribution is 2.20. The number of carbonyl (C=O) groups is 3. The molecule has 0 aromatic rings. The van der Waals surface area contributed by atoms with Gasteiger partial charge in [-0.25, -0.2) is 19.8 Å². The van der Waals surface area contributed by atoms with E-state index in [1.165, 1.54) is 11.1 Å². The maximum Gasteiger partial charge on any atom is 0.433 e. The minimum Gasteiger partial charge on any atom is -0.447 e. The van der Waals surface area contributed by atoms with Crippen molar-refractivity contribution in [3.8, 4) is 0 Å². The van der Waals surface area contributed by atoms with Crippen LogP contribution in [0.5, 0.6) is 0 Å². The quantitative estimate of drug-likeness (QED) is 0.469. The molecule has 1 aliphatic rings. The van der Waals surface area contributed by atoms with Crippen LogP contribution in [-0.2, 0) is 14.2 Å². The van der Waals surface area contributed by atoms with E-state index < -0.39 is 24.4 Å². The summed E-state index contributed by atoms with van der Waals surface area (Å²) in [5.74, 6) is 0. The molecule has 1 aliphatic heterocycles. The highest BCUT2D eigenvalue weighted by molar-refractivity contribution is 9.11. The van der Waals surface area contributed by atoms with Gasteiger partial charge in [0.1, 0.15) is 6.61 Å². The van der Waals surface area contributed by atoms with Crippen LogP contribution in [0, 0.1) is 0 Å². The van der Waals surface area contributed by atoms with Gasteiger partial charge in [-0.15, -0.1) is 0 Å². The largest absolute Gasteiger partial charge is 0.447 e. The van der Waals surface area contributed by atoms with Crippen LogP contribution in [0.2, 0.25) is 0 Å². The summed E-state index contributed by atoms with van der Waals surface area (Å²) >= 11 is 3.26. The van der Waals surface area contributed by atoms with Gasteiger partial charge in [0, 0.05) is 6.20 Å². The molecule has 9 nitrogen and oxygen atoms in total. The van der Waals surface area contributed by atoms with Gasteiger partial charge in [-0.05, 0) is 45.0 Å². The van der Waals surface area contributed by atoms with Crippen LogP contribution < -0.4 is 5.43 Å². The molecule has 0 spiro atoms. The second-order valence-corrected chi connectivity index (χ2v) is 7.40. The lowest BCUT2D eigenvalue weighted by Crippen LogP contribution is -2.47. The Labute approximate surface area is 167 Å². The van der Waals surface area contributed by atoms with E-state index >= 15 is 0 Å². The van der Waals surface area contributed by atoms with E-state index in [1.54, 1.807) is 27.7 Å². The summed E-state index contributed by atoms with van der Waals surface area (Å²) in [5, 5.41) is 0.937. The first kappa shape index (κ1) is 22.8. The van der Waals surface area contributed by atoms with E-state index in [-0.39, 0.29) is 12.7 Å². The predicted molar refractivity (Wildman–Crippen MR) is 102 cm³/mol. The minimum absolute atomic E-state index is 0.243. The summed E-state index contributed by atoms with van der Waals surface area (Å²) in [4.78, 5) is 37.7. The molecule has 1 saturated heterocycles. The SMILES string of the molecule is C=C(Br)CC/C(=C\N1CCOC1=O)N(NC(=O)OC(C)C)C(=O)OC(C)C. The van der Waals surface area contributed by atoms with Crippen LogP contribution in [0.4, 0.5) is 14.4 Å². The lowest BCUT2D eigenvalue weighted by Gasteiger charge is -2.27. The molecular weight excluding hydrogens is 422 g/mol. The van der Waals surface area contributed by atoms with Crippen LogP contribution in [0.15, 0.2) is 23.0 Å². The first-order valence-electron chi connectivity index (χ1n) is 8.55. The molecule has 1 rings (SSSR count). The van der Waals surface area contributed by atoms with Crippen molar-refractivity contribution in [2.24, 2.45) is 0 Å². The van der Waals surface area contributed by atoms with Crippen molar-refractivity contribution in [2.75, 3.05) is 13.2 Å². The van der Waals surface area contributed by atoms with Gasteiger partial charge in [0.25, 0.3) is 0 Å². The van der Waals surface area contributed by atoms with Crippen molar-refractivity contribution in [3.63, 3.8) is 0 Å². The van der Waals surface area contributed by atoms with Crippen molar-refractivity contribution in [3.05, 3.63) is 23.0 Å². The Bertz CT molecular complexity index is 605. The third kappa shape index (κ3) is 8.33. The smallest absolute Gasteiger partial charge is 0.433 e. The monoisotopic (exact) mass is 447 g/mol. The van der Waals surface area contributed by atoms with E-state index in [0.29, 0.717) is 29.6 Å². The van der Waals surface area contributed by atoms with Gasteiger partial charge < -0.3 is 14.2 Å². The van der Waals surface area contributed by atoms with Crippen LogP contribution in [0.1, 0.15) is 40.5 Å². The topological polar surface area (TPSA) is 97.4 Å². The van der Waals surface area contributed by atoms with E-state index in [0.717, 1.165) is 5.01 Å². The maximum atomic E-state index is 12.5. The predicted octanol–water partition coefficient (Wildman–Crippen LogP) is 3.87. The van der Waals surface area contributed by atoms with Crippen molar-refractivity contribution >= 4 is 34.2 Å². The fourth-order valence-electron chi connectivity index (χ4n) is 2.02. The number of hydrazine groups is 1. The zero-order chi connectivity index (χ0) is 20.6. The number of carbonyl (C=O) groups excluding carboxylic acids is 3. The number of ether oxygens (including phenoxy) is 3. The van der Waals surface area contributed by atoms with Crippen molar-refractivity contribution in [1.29, 1.82) is 0 Å². The van der Waals surface area contributed by atoms with Gasteiger partial charge in [-0.1, -0.05) is 22.5 Å². The Morgan fingerprint density at radius 3 is 2.41 bits per heavy atom. The number of nitrogens with one attached hydrogen (secondary N) is 1. The van der Waals surface area contributed by atoms with E-state index in [1.807, 2.05) is 0 Å². The van der Waals surface area contributed by atoms with E-state index in [2.05, 4.69) is 27.9 Å². The number of rotatable bonds is 7. The summed E-state index contributed by atoms with van der Waals surface area (Å²) in [5.41, 5.74) is 2.69. The van der Waals surface area contributed by atoms with Gasteiger partial charge in [-0.3, -0.25) is 4.90 Å². The number of nitrogens with zero attached hydrogens (tertiary/aromatic N) is 2. The lowest BCUT2D eigenvalue weighted by molar-refractivity contribution is 0.0567. The first-order chi connectivity index (χ1) is 12.6. The summed E-state index contributed by atoms with van der Waals surface area (Å²) in [6, 6.07) is 0. The lowest BCUT2D eigenvalue weighted by atomic mass is 10.2. The maximum absolute atomic E-state index is 12.5. The Kier molecular flexibility index (Phi) is 9.13. The zero-order valence-corrected chi connectivity index (χ0v) is 17.6. The molecule has 1 fully saturated rings. The van der Waals surface area contributed by atoms with Crippen molar-refractivity contribution < 1.29 is 28.6 Å². The standard InChI is InChI=1S/C17H26BrN3O6/c1-11(2)26-15(22)19-21(17(24)27-12(3)4)14(7-6-13(5)18)10-20-8-9-25-16(20)23/h10-12H,5-9H2,1-4H3,(H,19,22)/b14-10+. The molecule has 152 valence electrons. The molecular formula is C17H26BrN3O6. The summed E-state index contributed by atoms with van der Waals surface area (Å²) < 4.78 is 15.8. The molecule has 10 heteroatoms. The summed E-state index contributed by atoms with van der Waals surface area (Å²) in [6.07, 6.45) is -0.745. The van der Waals surface area contributed by atoms with Gasteiger partial charge in [0.15, 0.2) is 0 Å². The van der Waals surface area contributed by atoms with Gasteiger partial charge in [-0.2, -0.15) is 5.01 Å². The van der Waals surface area contributed by atoms with E-state index in [9.17, 15) is 14.4 Å². The Balaban J connectivity index is 3.14.